The fourth-order valence-electron chi connectivity index (χ4n) is 0.593. The highest BCUT2D eigenvalue weighted by Gasteiger charge is 2.31. The topological polar surface area (TPSA) is 58.1 Å². The number of aromatic nitrogens is 2. The Kier molecular flexibility index (Phi) is 2.74. The Morgan fingerprint density at radius 2 is 2.31 bits per heavy atom. The molecule has 0 aromatic carbocycles. The fourth-order valence-corrected chi connectivity index (χ4v) is 1.14. The number of carbonyl (C=O) groups excluding carboxylic acids is 1. The fraction of sp³-hybridized carbons (Fsp3) is 0.200. The van der Waals surface area contributed by atoms with Crippen LogP contribution in [0.5, 0.6) is 0 Å². The van der Waals surface area contributed by atoms with E-state index in [9.17, 15) is 18.0 Å². The molecular weight excluding hydrogens is 207 g/mol. The third-order valence-electron chi connectivity index (χ3n) is 0.969. The van der Waals surface area contributed by atoms with Gasteiger partial charge in [-0.25, -0.2) is 4.79 Å². The quantitative estimate of drug-likeness (QED) is 0.460. The number of H-pyrrole nitrogens is 1. The summed E-state index contributed by atoms with van der Waals surface area (Å²) in [7, 11) is 0. The minimum atomic E-state index is -4.42. The van der Waals surface area contributed by atoms with Crippen LogP contribution < -0.4 is 0 Å². The number of nitrogens with zero attached hydrogens (tertiary/aromatic N) is 2. The van der Waals surface area contributed by atoms with Crippen molar-refractivity contribution in [1.29, 1.82) is 0 Å². The zero-order chi connectivity index (χ0) is 9.90. The molecule has 70 valence electrons. The van der Waals surface area contributed by atoms with E-state index in [0.717, 1.165) is 12.3 Å². The van der Waals surface area contributed by atoms with Crippen LogP contribution >= 0.6 is 11.8 Å². The number of hydrogen-bond acceptors (Lipinski definition) is 4. The molecule has 0 spiro atoms. The molecule has 0 aliphatic heterocycles. The molecule has 8 heteroatoms. The number of isocyanates is 1. The van der Waals surface area contributed by atoms with Gasteiger partial charge in [-0.05, 0) is 11.8 Å². The van der Waals surface area contributed by atoms with Crippen molar-refractivity contribution < 1.29 is 18.0 Å². The molecule has 0 aliphatic carbocycles. The maximum absolute atomic E-state index is 11.8. The van der Waals surface area contributed by atoms with Gasteiger partial charge in [0.25, 0.3) is 0 Å². The molecule has 1 aromatic rings. The number of alkyl halides is 3. The monoisotopic (exact) mass is 209 g/mol. The minimum absolute atomic E-state index is 0.239. The van der Waals surface area contributed by atoms with Gasteiger partial charge in [-0.2, -0.15) is 18.3 Å². The van der Waals surface area contributed by atoms with Gasteiger partial charge in [-0.3, -0.25) is 5.10 Å². The highest BCUT2D eigenvalue weighted by atomic mass is 32.2. The second-order valence-electron chi connectivity index (χ2n) is 1.83. The Morgan fingerprint density at radius 1 is 1.62 bits per heavy atom. The zero-order valence-corrected chi connectivity index (χ0v) is 6.74. The standard InChI is InChI=1S/C5H2F3N3OS/c6-5(7,8)13-3-1-10-11-4(3)9-2-12/h1H,(H,10,11). The molecule has 1 aromatic heterocycles. The Labute approximate surface area is 74.2 Å². The second-order valence-corrected chi connectivity index (χ2v) is 2.94. The molecule has 1 N–H and O–H groups in total. The van der Waals surface area contributed by atoms with Crippen LogP contribution in [0.2, 0.25) is 0 Å². The van der Waals surface area contributed by atoms with Crippen LogP contribution in [-0.4, -0.2) is 21.8 Å². The van der Waals surface area contributed by atoms with Gasteiger partial charge >= 0.3 is 5.51 Å². The van der Waals surface area contributed by atoms with Gasteiger partial charge in [-0.15, -0.1) is 4.99 Å². The SMILES string of the molecule is O=C=Nc1[nH]ncc1SC(F)(F)F. The van der Waals surface area contributed by atoms with Gasteiger partial charge < -0.3 is 0 Å². The van der Waals surface area contributed by atoms with Crippen LogP contribution in [0.3, 0.4) is 0 Å². The highest BCUT2D eigenvalue weighted by Crippen LogP contribution is 2.40. The first kappa shape index (κ1) is 9.82. The molecule has 0 fully saturated rings. The molecule has 4 nitrogen and oxygen atoms in total. The van der Waals surface area contributed by atoms with Crippen molar-refractivity contribution in [2.24, 2.45) is 4.99 Å². The molecule has 0 saturated heterocycles. The van der Waals surface area contributed by atoms with E-state index in [4.69, 9.17) is 0 Å². The first-order valence-corrected chi connectivity index (χ1v) is 3.71. The van der Waals surface area contributed by atoms with Crippen molar-refractivity contribution in [2.45, 2.75) is 10.4 Å². The molecule has 0 amide bonds. The Morgan fingerprint density at radius 3 is 2.85 bits per heavy atom. The van der Waals surface area contributed by atoms with E-state index in [1.165, 1.54) is 0 Å². The first-order chi connectivity index (χ1) is 6.03. The predicted octanol–water partition coefficient (Wildman–Crippen LogP) is 1.99. The Balaban J connectivity index is 2.88. The molecular formula is C5H2F3N3OS. The molecule has 0 bridgehead atoms. The van der Waals surface area contributed by atoms with Crippen molar-refractivity contribution in [3.8, 4) is 0 Å². The molecule has 0 unspecified atom stereocenters. The lowest BCUT2D eigenvalue weighted by atomic mass is 10.6. The summed E-state index contributed by atoms with van der Waals surface area (Å²) in [5.41, 5.74) is -4.42. The molecule has 1 heterocycles. The summed E-state index contributed by atoms with van der Waals surface area (Å²) < 4.78 is 35.5. The van der Waals surface area contributed by atoms with E-state index in [1.54, 1.807) is 0 Å². The number of thioether (sulfide) groups is 1. The first-order valence-electron chi connectivity index (χ1n) is 2.90. The number of halogens is 3. The summed E-state index contributed by atoms with van der Waals surface area (Å²) >= 11 is -0.392. The van der Waals surface area contributed by atoms with Crippen LogP contribution in [0.15, 0.2) is 16.1 Å². The summed E-state index contributed by atoms with van der Waals surface area (Å²) in [5.74, 6) is -0.239. The van der Waals surface area contributed by atoms with Gasteiger partial charge in [0, 0.05) is 0 Å². The van der Waals surface area contributed by atoms with Crippen LogP contribution in [0.1, 0.15) is 0 Å². The van der Waals surface area contributed by atoms with Crippen molar-refractivity contribution in [3.05, 3.63) is 6.20 Å². The van der Waals surface area contributed by atoms with Gasteiger partial charge in [0.2, 0.25) is 6.08 Å². The largest absolute Gasteiger partial charge is 0.446 e. The van der Waals surface area contributed by atoms with Gasteiger partial charge in [0.15, 0.2) is 5.82 Å². The summed E-state index contributed by atoms with van der Waals surface area (Å²) in [5, 5.41) is 5.44. The van der Waals surface area contributed by atoms with Crippen LogP contribution in [0.4, 0.5) is 19.0 Å². The molecule has 0 saturated carbocycles. The lowest BCUT2D eigenvalue weighted by Crippen LogP contribution is -1.98. The average Bonchev–Trinajstić information content (AvgIpc) is 2.34. The lowest BCUT2D eigenvalue weighted by Gasteiger charge is -2.01. The second kappa shape index (κ2) is 3.63. The molecule has 0 aliphatic rings. The van der Waals surface area contributed by atoms with Crippen LogP contribution in [0.25, 0.3) is 0 Å². The summed E-state index contributed by atoms with van der Waals surface area (Å²) in [4.78, 5) is 12.5. The minimum Gasteiger partial charge on any atom is -0.260 e. The van der Waals surface area contributed by atoms with E-state index in [-0.39, 0.29) is 10.7 Å². The van der Waals surface area contributed by atoms with Crippen molar-refractivity contribution in [3.63, 3.8) is 0 Å². The van der Waals surface area contributed by atoms with E-state index < -0.39 is 17.3 Å². The van der Waals surface area contributed by atoms with E-state index in [2.05, 4.69) is 15.2 Å². The van der Waals surface area contributed by atoms with Crippen LogP contribution in [0, 0.1) is 0 Å². The normalized spacial score (nSPS) is 11.0. The smallest absolute Gasteiger partial charge is 0.260 e. The van der Waals surface area contributed by atoms with Gasteiger partial charge in [0.1, 0.15) is 0 Å². The van der Waals surface area contributed by atoms with Gasteiger partial charge in [-0.1, -0.05) is 0 Å². The summed E-state index contributed by atoms with van der Waals surface area (Å²) in [6.07, 6.45) is 2.06. The van der Waals surface area contributed by atoms with Crippen LogP contribution in [-0.2, 0) is 4.79 Å². The van der Waals surface area contributed by atoms with Crippen molar-refractivity contribution in [2.75, 3.05) is 0 Å². The molecule has 0 radical (unpaired) electrons. The van der Waals surface area contributed by atoms with Crippen molar-refractivity contribution >= 4 is 23.7 Å². The number of hydrogen-bond donors (Lipinski definition) is 1. The Hall–Kier alpha value is -1.27. The van der Waals surface area contributed by atoms with E-state index in [0.29, 0.717) is 0 Å². The summed E-state index contributed by atoms with van der Waals surface area (Å²) in [6, 6.07) is 0. The molecule has 1 rings (SSSR count). The third kappa shape index (κ3) is 2.92. The number of nitrogens with one attached hydrogen (secondary N) is 1. The highest BCUT2D eigenvalue weighted by molar-refractivity contribution is 8.00. The predicted molar refractivity (Wildman–Crippen MR) is 38.3 cm³/mol. The Bertz CT molecular complexity index is 341. The number of aromatic amines is 1. The maximum atomic E-state index is 11.8. The van der Waals surface area contributed by atoms with E-state index in [1.807, 2.05) is 0 Å². The lowest BCUT2D eigenvalue weighted by molar-refractivity contribution is -0.0328. The molecule has 0 atom stereocenters. The number of aliphatic imine (C=N–C) groups is 1. The summed E-state index contributed by atoms with van der Waals surface area (Å²) in [6.45, 7) is 0. The molecule has 13 heavy (non-hydrogen) atoms. The zero-order valence-electron chi connectivity index (χ0n) is 5.92. The number of rotatable bonds is 2. The third-order valence-corrected chi connectivity index (χ3v) is 1.72. The maximum Gasteiger partial charge on any atom is 0.446 e. The van der Waals surface area contributed by atoms with Crippen molar-refractivity contribution in [1.82, 2.24) is 10.2 Å². The van der Waals surface area contributed by atoms with E-state index >= 15 is 0 Å². The van der Waals surface area contributed by atoms with Gasteiger partial charge in [0.05, 0.1) is 11.1 Å². The average molecular weight is 209 g/mol.